The molecule has 6 nitrogen and oxygen atoms in total. The topological polar surface area (TPSA) is 60.0 Å². The Morgan fingerprint density at radius 2 is 1.89 bits per heavy atom. The number of aliphatic imine (C=N–C) groups is 1. The number of carbonyl (C=O) groups is 1. The highest BCUT2D eigenvalue weighted by Crippen LogP contribution is 2.18. The molecule has 0 aliphatic carbocycles. The minimum absolute atomic E-state index is 0.101. The van der Waals surface area contributed by atoms with E-state index < -0.39 is 0 Å². The van der Waals surface area contributed by atoms with Crippen molar-refractivity contribution in [2.75, 3.05) is 39.3 Å². The SMILES string of the molecule is CCCN1CCC(NC(=NCC(=O)N2CCc3ccccc3C2)NCC)CC1. The quantitative estimate of drug-likeness (QED) is 0.581. The lowest BCUT2D eigenvalue weighted by atomic mass is 10.00. The molecule has 3 rings (SSSR count). The van der Waals surface area contributed by atoms with Crippen LogP contribution in [0.3, 0.4) is 0 Å². The summed E-state index contributed by atoms with van der Waals surface area (Å²) in [5.74, 6) is 0.867. The number of amides is 1. The molecule has 0 spiro atoms. The molecule has 0 atom stereocenters. The highest BCUT2D eigenvalue weighted by molar-refractivity contribution is 5.85. The van der Waals surface area contributed by atoms with Crippen molar-refractivity contribution in [2.45, 2.75) is 52.1 Å². The number of piperidine rings is 1. The van der Waals surface area contributed by atoms with Gasteiger partial charge in [0, 0.05) is 38.8 Å². The van der Waals surface area contributed by atoms with Gasteiger partial charge in [-0.25, -0.2) is 4.99 Å². The van der Waals surface area contributed by atoms with Crippen LogP contribution in [0.5, 0.6) is 0 Å². The average Bonchev–Trinajstić information content (AvgIpc) is 2.73. The van der Waals surface area contributed by atoms with E-state index in [1.54, 1.807) is 0 Å². The smallest absolute Gasteiger partial charge is 0.244 e. The van der Waals surface area contributed by atoms with Crippen molar-refractivity contribution >= 4 is 11.9 Å². The Labute approximate surface area is 169 Å². The van der Waals surface area contributed by atoms with Gasteiger partial charge in [0.15, 0.2) is 5.96 Å². The number of rotatable bonds is 6. The Kier molecular flexibility index (Phi) is 7.71. The number of nitrogens with zero attached hydrogens (tertiary/aromatic N) is 3. The van der Waals surface area contributed by atoms with Crippen molar-refractivity contribution in [3.05, 3.63) is 35.4 Å². The normalized spacial score (nSPS) is 18.6. The molecular formula is C22H35N5O. The van der Waals surface area contributed by atoms with Crippen molar-refractivity contribution in [1.29, 1.82) is 0 Å². The molecule has 2 N–H and O–H groups in total. The van der Waals surface area contributed by atoms with Crippen molar-refractivity contribution < 1.29 is 4.79 Å². The van der Waals surface area contributed by atoms with Crippen LogP contribution in [0.15, 0.2) is 29.3 Å². The molecule has 2 aliphatic rings. The maximum Gasteiger partial charge on any atom is 0.244 e. The Morgan fingerprint density at radius 1 is 1.14 bits per heavy atom. The molecule has 1 fully saturated rings. The summed E-state index contributed by atoms with van der Waals surface area (Å²) in [4.78, 5) is 21.7. The van der Waals surface area contributed by atoms with Crippen LogP contribution in [0.1, 0.15) is 44.2 Å². The first-order valence-electron chi connectivity index (χ1n) is 10.8. The zero-order chi connectivity index (χ0) is 19.8. The molecule has 1 aromatic rings. The van der Waals surface area contributed by atoms with Crippen molar-refractivity contribution in [2.24, 2.45) is 4.99 Å². The van der Waals surface area contributed by atoms with E-state index in [1.165, 1.54) is 24.1 Å². The maximum atomic E-state index is 12.7. The molecule has 154 valence electrons. The molecule has 2 aliphatic heterocycles. The van der Waals surface area contributed by atoms with Crippen LogP contribution >= 0.6 is 0 Å². The van der Waals surface area contributed by atoms with Crippen molar-refractivity contribution in [3.63, 3.8) is 0 Å². The van der Waals surface area contributed by atoms with Gasteiger partial charge >= 0.3 is 0 Å². The summed E-state index contributed by atoms with van der Waals surface area (Å²) in [6.45, 7) is 10.2. The molecule has 28 heavy (non-hydrogen) atoms. The van der Waals surface area contributed by atoms with Crippen LogP contribution in [0, 0.1) is 0 Å². The first-order chi connectivity index (χ1) is 13.7. The highest BCUT2D eigenvalue weighted by atomic mass is 16.2. The predicted molar refractivity (Wildman–Crippen MR) is 114 cm³/mol. The summed E-state index contributed by atoms with van der Waals surface area (Å²) in [6, 6.07) is 8.83. The third kappa shape index (κ3) is 5.71. The molecule has 0 radical (unpaired) electrons. The first-order valence-corrected chi connectivity index (χ1v) is 10.8. The van der Waals surface area contributed by atoms with E-state index in [2.05, 4.69) is 52.6 Å². The monoisotopic (exact) mass is 385 g/mol. The Balaban J connectivity index is 1.51. The Morgan fingerprint density at radius 3 is 2.61 bits per heavy atom. The highest BCUT2D eigenvalue weighted by Gasteiger charge is 2.21. The van der Waals surface area contributed by atoms with E-state index in [-0.39, 0.29) is 12.5 Å². The number of carbonyl (C=O) groups excluding carboxylic acids is 1. The molecule has 6 heteroatoms. The van der Waals surface area contributed by atoms with Gasteiger partial charge in [0.25, 0.3) is 0 Å². The predicted octanol–water partition coefficient (Wildman–Crippen LogP) is 2.00. The fraction of sp³-hybridized carbons (Fsp3) is 0.636. The molecule has 0 aromatic heterocycles. The van der Waals surface area contributed by atoms with Gasteiger partial charge < -0.3 is 20.4 Å². The van der Waals surface area contributed by atoms with Crippen LogP contribution in [0.25, 0.3) is 0 Å². The van der Waals surface area contributed by atoms with E-state index in [9.17, 15) is 4.79 Å². The zero-order valence-corrected chi connectivity index (χ0v) is 17.4. The van der Waals surface area contributed by atoms with Gasteiger partial charge in [-0.05, 0) is 50.3 Å². The van der Waals surface area contributed by atoms with E-state index in [0.29, 0.717) is 12.6 Å². The Hall–Kier alpha value is -2.08. The summed E-state index contributed by atoms with van der Waals surface area (Å²) >= 11 is 0. The first kappa shape index (κ1) is 20.6. The summed E-state index contributed by atoms with van der Waals surface area (Å²) in [5, 5.41) is 6.83. The zero-order valence-electron chi connectivity index (χ0n) is 17.4. The minimum atomic E-state index is 0.101. The molecular weight excluding hydrogens is 350 g/mol. The number of fused-ring (bicyclic) bond motifs is 1. The summed E-state index contributed by atoms with van der Waals surface area (Å²) in [5.41, 5.74) is 2.62. The summed E-state index contributed by atoms with van der Waals surface area (Å²) in [6.07, 6.45) is 4.40. The number of hydrogen-bond donors (Lipinski definition) is 2. The lowest BCUT2D eigenvalue weighted by Crippen LogP contribution is -2.49. The average molecular weight is 386 g/mol. The van der Waals surface area contributed by atoms with Gasteiger partial charge in [0.2, 0.25) is 5.91 Å². The second kappa shape index (κ2) is 10.5. The van der Waals surface area contributed by atoms with E-state index in [1.807, 2.05) is 11.0 Å². The number of nitrogens with one attached hydrogen (secondary N) is 2. The van der Waals surface area contributed by atoms with Gasteiger partial charge in [-0.3, -0.25) is 4.79 Å². The van der Waals surface area contributed by atoms with E-state index in [4.69, 9.17) is 0 Å². The van der Waals surface area contributed by atoms with E-state index in [0.717, 1.165) is 51.4 Å². The molecule has 0 saturated carbocycles. The fourth-order valence-corrected chi connectivity index (χ4v) is 4.09. The maximum absolute atomic E-state index is 12.7. The minimum Gasteiger partial charge on any atom is -0.357 e. The number of hydrogen-bond acceptors (Lipinski definition) is 3. The van der Waals surface area contributed by atoms with Crippen LogP contribution in [-0.2, 0) is 17.8 Å². The lowest BCUT2D eigenvalue weighted by molar-refractivity contribution is -0.130. The van der Waals surface area contributed by atoms with Crippen molar-refractivity contribution in [1.82, 2.24) is 20.4 Å². The fourth-order valence-electron chi connectivity index (χ4n) is 4.09. The number of benzene rings is 1. The van der Waals surface area contributed by atoms with Gasteiger partial charge in [0.1, 0.15) is 6.54 Å². The molecule has 0 unspecified atom stereocenters. The second-order valence-corrected chi connectivity index (χ2v) is 7.79. The molecule has 1 amide bonds. The van der Waals surface area contributed by atoms with Gasteiger partial charge in [-0.15, -0.1) is 0 Å². The number of likely N-dealkylation sites (tertiary alicyclic amines) is 1. The standard InChI is InChI=1S/C22H35N5O/c1-3-12-26-13-10-20(11-14-26)25-22(23-4-2)24-16-21(28)27-15-9-18-7-5-6-8-19(18)17-27/h5-8,20H,3-4,9-17H2,1-2H3,(H2,23,24,25). The van der Waals surface area contributed by atoms with Crippen LogP contribution < -0.4 is 10.6 Å². The molecule has 1 saturated heterocycles. The summed E-state index contributed by atoms with van der Waals surface area (Å²) in [7, 11) is 0. The van der Waals surface area contributed by atoms with Crippen LogP contribution in [0.4, 0.5) is 0 Å². The lowest BCUT2D eigenvalue weighted by Gasteiger charge is -2.33. The van der Waals surface area contributed by atoms with Crippen molar-refractivity contribution in [3.8, 4) is 0 Å². The molecule has 0 bridgehead atoms. The largest absolute Gasteiger partial charge is 0.357 e. The third-order valence-corrected chi connectivity index (χ3v) is 5.67. The van der Waals surface area contributed by atoms with Gasteiger partial charge in [0.05, 0.1) is 0 Å². The molecule has 2 heterocycles. The Bertz CT molecular complexity index is 667. The molecule has 1 aromatic carbocycles. The number of guanidine groups is 1. The third-order valence-electron chi connectivity index (χ3n) is 5.67. The second-order valence-electron chi connectivity index (χ2n) is 7.79. The van der Waals surface area contributed by atoms with E-state index >= 15 is 0 Å². The van der Waals surface area contributed by atoms with Gasteiger partial charge in [-0.2, -0.15) is 0 Å². The van der Waals surface area contributed by atoms with Crippen LogP contribution in [-0.4, -0.2) is 67.0 Å². The summed E-state index contributed by atoms with van der Waals surface area (Å²) < 4.78 is 0. The van der Waals surface area contributed by atoms with Crippen LogP contribution in [0.2, 0.25) is 0 Å². The van der Waals surface area contributed by atoms with Gasteiger partial charge in [-0.1, -0.05) is 31.2 Å².